The van der Waals surface area contributed by atoms with Crippen LogP contribution in [0.15, 0.2) is 29.2 Å². The zero-order valence-electron chi connectivity index (χ0n) is 11.7. The van der Waals surface area contributed by atoms with Crippen molar-refractivity contribution < 1.29 is 19.7 Å². The number of rotatable bonds is 10. The Balaban J connectivity index is 2.25. The number of aliphatic carboxylic acids is 1. The number of aliphatic hydroxyl groups is 1. The minimum Gasteiger partial charge on any atom is -0.481 e. The number of ether oxygens (including phenoxy) is 1. The van der Waals surface area contributed by atoms with Crippen LogP contribution in [-0.2, 0) is 16.0 Å². The molecule has 0 amide bonds. The van der Waals surface area contributed by atoms with Gasteiger partial charge in [-0.15, -0.1) is 11.8 Å². The summed E-state index contributed by atoms with van der Waals surface area (Å²) in [5.74, 6) is -0.255. The largest absolute Gasteiger partial charge is 0.481 e. The molecule has 1 atom stereocenters. The van der Waals surface area contributed by atoms with Crippen LogP contribution in [0.5, 0.6) is 0 Å². The number of aliphatic hydroxyl groups excluding tert-OH is 1. The van der Waals surface area contributed by atoms with Gasteiger partial charge in [0.25, 0.3) is 0 Å². The molecule has 0 aliphatic rings. The van der Waals surface area contributed by atoms with Crippen LogP contribution in [0.4, 0.5) is 0 Å². The molecule has 2 N–H and O–H groups in total. The molecule has 20 heavy (non-hydrogen) atoms. The van der Waals surface area contributed by atoms with Crippen molar-refractivity contribution in [2.24, 2.45) is 0 Å². The van der Waals surface area contributed by atoms with E-state index >= 15 is 0 Å². The monoisotopic (exact) mass is 298 g/mol. The second-order valence-electron chi connectivity index (χ2n) is 4.61. The molecule has 1 rings (SSSR count). The van der Waals surface area contributed by atoms with Crippen LogP contribution in [0.25, 0.3) is 0 Å². The smallest absolute Gasteiger partial charge is 0.307 e. The lowest BCUT2D eigenvalue weighted by molar-refractivity contribution is -0.136. The average molecular weight is 298 g/mol. The number of carboxylic acid groups (broad SMARTS) is 1. The van der Waals surface area contributed by atoms with Crippen molar-refractivity contribution in [2.75, 3.05) is 19.0 Å². The first kappa shape index (κ1) is 17.0. The van der Waals surface area contributed by atoms with Gasteiger partial charge in [-0.25, -0.2) is 0 Å². The maximum Gasteiger partial charge on any atom is 0.307 e. The predicted octanol–water partition coefficient (Wildman–Crippen LogP) is 2.58. The summed E-state index contributed by atoms with van der Waals surface area (Å²) in [6, 6.07) is 7.38. The molecular weight excluding hydrogens is 276 g/mol. The first-order chi connectivity index (χ1) is 9.61. The molecule has 5 heteroatoms. The van der Waals surface area contributed by atoms with Gasteiger partial charge in [-0.2, -0.15) is 0 Å². The Morgan fingerprint density at radius 3 is 2.65 bits per heavy atom. The summed E-state index contributed by atoms with van der Waals surface area (Å²) in [6.07, 6.45) is 1.67. The van der Waals surface area contributed by atoms with Gasteiger partial charge in [0.05, 0.1) is 19.1 Å². The minimum atomic E-state index is -0.829. The van der Waals surface area contributed by atoms with Gasteiger partial charge in [0, 0.05) is 17.3 Å². The van der Waals surface area contributed by atoms with Crippen molar-refractivity contribution in [3.05, 3.63) is 29.8 Å². The Labute approximate surface area is 124 Å². The fourth-order valence-electron chi connectivity index (χ4n) is 1.58. The Bertz CT molecular complexity index is 391. The molecule has 0 aliphatic carbocycles. The zero-order chi connectivity index (χ0) is 14.8. The molecule has 0 fully saturated rings. The van der Waals surface area contributed by atoms with Gasteiger partial charge in [0.2, 0.25) is 0 Å². The first-order valence-electron chi connectivity index (χ1n) is 6.81. The van der Waals surface area contributed by atoms with Crippen LogP contribution >= 0.6 is 11.8 Å². The van der Waals surface area contributed by atoms with E-state index in [-0.39, 0.29) is 6.42 Å². The maximum absolute atomic E-state index is 10.6. The fraction of sp³-hybridized carbons (Fsp3) is 0.533. The maximum atomic E-state index is 10.6. The summed E-state index contributed by atoms with van der Waals surface area (Å²) in [6.45, 7) is 3.16. The minimum absolute atomic E-state index is 0.0405. The van der Waals surface area contributed by atoms with E-state index < -0.39 is 12.1 Å². The molecule has 0 heterocycles. The lowest BCUT2D eigenvalue weighted by Crippen LogP contribution is -2.18. The molecule has 0 saturated heterocycles. The lowest BCUT2D eigenvalue weighted by Gasteiger charge is -2.11. The molecule has 0 saturated carbocycles. The second-order valence-corrected chi connectivity index (χ2v) is 5.70. The normalized spacial score (nSPS) is 12.3. The highest BCUT2D eigenvalue weighted by atomic mass is 32.2. The quantitative estimate of drug-likeness (QED) is 0.513. The summed E-state index contributed by atoms with van der Waals surface area (Å²) in [7, 11) is 0. The van der Waals surface area contributed by atoms with Crippen LogP contribution in [0.3, 0.4) is 0 Å². The molecule has 0 aliphatic heterocycles. The van der Waals surface area contributed by atoms with Gasteiger partial charge in [-0.3, -0.25) is 4.79 Å². The molecule has 0 radical (unpaired) electrons. The van der Waals surface area contributed by atoms with E-state index in [1.165, 1.54) is 0 Å². The Morgan fingerprint density at radius 1 is 1.35 bits per heavy atom. The van der Waals surface area contributed by atoms with E-state index in [1.807, 2.05) is 12.1 Å². The van der Waals surface area contributed by atoms with Gasteiger partial charge < -0.3 is 14.9 Å². The average Bonchev–Trinajstić information content (AvgIpc) is 2.42. The van der Waals surface area contributed by atoms with Crippen LogP contribution < -0.4 is 0 Å². The second kappa shape index (κ2) is 9.80. The number of carboxylic acids is 1. The molecule has 0 spiro atoms. The van der Waals surface area contributed by atoms with E-state index in [0.29, 0.717) is 19.0 Å². The van der Waals surface area contributed by atoms with Crippen molar-refractivity contribution in [1.29, 1.82) is 0 Å². The number of benzene rings is 1. The van der Waals surface area contributed by atoms with Crippen molar-refractivity contribution in [2.45, 2.75) is 37.2 Å². The Hall–Kier alpha value is -1.04. The molecule has 1 aromatic rings. The summed E-state index contributed by atoms with van der Waals surface area (Å²) < 4.78 is 5.36. The summed E-state index contributed by atoms with van der Waals surface area (Å²) in [5, 5.41) is 18.4. The third-order valence-corrected chi connectivity index (χ3v) is 3.83. The highest BCUT2D eigenvalue weighted by molar-refractivity contribution is 7.99. The van der Waals surface area contributed by atoms with Gasteiger partial charge in [0.15, 0.2) is 0 Å². The van der Waals surface area contributed by atoms with Crippen LogP contribution in [0, 0.1) is 0 Å². The Morgan fingerprint density at radius 2 is 2.05 bits per heavy atom. The number of thioether (sulfide) groups is 1. The molecule has 4 nitrogen and oxygen atoms in total. The van der Waals surface area contributed by atoms with E-state index in [4.69, 9.17) is 9.84 Å². The highest BCUT2D eigenvalue weighted by Gasteiger charge is 2.06. The SMILES string of the molecule is CCCCOCC(O)CSc1ccc(CC(=O)O)cc1. The van der Waals surface area contributed by atoms with Crippen LogP contribution in [0.2, 0.25) is 0 Å². The molecular formula is C15H22O4S. The number of hydrogen-bond acceptors (Lipinski definition) is 4. The molecule has 1 aromatic carbocycles. The van der Waals surface area contributed by atoms with E-state index in [0.717, 1.165) is 23.3 Å². The summed E-state index contributed by atoms with van der Waals surface area (Å²) in [4.78, 5) is 11.6. The third-order valence-electron chi connectivity index (χ3n) is 2.67. The fourth-order valence-corrected chi connectivity index (χ4v) is 2.39. The molecule has 1 unspecified atom stereocenters. The third kappa shape index (κ3) is 7.53. The zero-order valence-corrected chi connectivity index (χ0v) is 12.6. The molecule has 0 aromatic heterocycles. The Kier molecular flexibility index (Phi) is 8.34. The van der Waals surface area contributed by atoms with Crippen molar-refractivity contribution >= 4 is 17.7 Å². The van der Waals surface area contributed by atoms with E-state index in [1.54, 1.807) is 23.9 Å². The van der Waals surface area contributed by atoms with Gasteiger partial charge in [-0.1, -0.05) is 25.5 Å². The van der Waals surface area contributed by atoms with Gasteiger partial charge >= 0.3 is 5.97 Å². The first-order valence-corrected chi connectivity index (χ1v) is 7.79. The molecule has 0 bridgehead atoms. The van der Waals surface area contributed by atoms with Gasteiger partial charge in [0.1, 0.15) is 0 Å². The number of unbranched alkanes of at least 4 members (excludes halogenated alkanes) is 1. The van der Waals surface area contributed by atoms with E-state index in [9.17, 15) is 9.90 Å². The van der Waals surface area contributed by atoms with E-state index in [2.05, 4.69) is 6.92 Å². The van der Waals surface area contributed by atoms with Crippen molar-refractivity contribution in [3.8, 4) is 0 Å². The van der Waals surface area contributed by atoms with Crippen LogP contribution in [0.1, 0.15) is 25.3 Å². The predicted molar refractivity (Wildman–Crippen MR) is 80.2 cm³/mol. The summed E-state index contributed by atoms with van der Waals surface area (Å²) >= 11 is 1.54. The van der Waals surface area contributed by atoms with Gasteiger partial charge in [-0.05, 0) is 24.1 Å². The standard InChI is InChI=1S/C15H22O4S/c1-2-3-8-19-10-13(16)11-20-14-6-4-12(5-7-14)9-15(17)18/h4-7,13,16H,2-3,8-11H2,1H3,(H,17,18). The lowest BCUT2D eigenvalue weighted by atomic mass is 10.2. The topological polar surface area (TPSA) is 66.8 Å². The number of carbonyl (C=O) groups is 1. The van der Waals surface area contributed by atoms with Crippen LogP contribution in [-0.4, -0.2) is 41.3 Å². The van der Waals surface area contributed by atoms with Crippen molar-refractivity contribution in [3.63, 3.8) is 0 Å². The summed E-state index contributed by atoms with van der Waals surface area (Å²) in [5.41, 5.74) is 0.783. The molecule has 112 valence electrons. The van der Waals surface area contributed by atoms with Crippen molar-refractivity contribution in [1.82, 2.24) is 0 Å². The number of hydrogen-bond donors (Lipinski definition) is 2. The highest BCUT2D eigenvalue weighted by Crippen LogP contribution is 2.19.